The summed E-state index contributed by atoms with van der Waals surface area (Å²) >= 11 is 1.98. The fourth-order valence-electron chi connectivity index (χ4n) is 2.34. The average molecular weight is 335 g/mol. The van der Waals surface area contributed by atoms with Crippen molar-refractivity contribution >= 4 is 17.7 Å². The summed E-state index contributed by atoms with van der Waals surface area (Å²) in [4.78, 5) is 8.38. The highest BCUT2D eigenvalue weighted by molar-refractivity contribution is 8.01. The Balaban J connectivity index is 1.82. The molecule has 4 nitrogen and oxygen atoms in total. The number of rotatable bonds is 9. The second-order valence-electron chi connectivity index (χ2n) is 6.38. The van der Waals surface area contributed by atoms with Gasteiger partial charge in [0.15, 0.2) is 5.96 Å². The van der Waals surface area contributed by atoms with Gasteiger partial charge in [0.1, 0.15) is 0 Å². The molecule has 0 unspecified atom stereocenters. The summed E-state index contributed by atoms with van der Waals surface area (Å²) < 4.78 is 0.313. The summed E-state index contributed by atoms with van der Waals surface area (Å²) in [5.41, 5.74) is 0. The molecule has 1 fully saturated rings. The number of nitrogens with one attached hydrogen (secondary N) is 2. The molecule has 5 heteroatoms. The van der Waals surface area contributed by atoms with E-state index in [4.69, 9.17) is 4.99 Å². The van der Waals surface area contributed by atoms with Crippen LogP contribution in [0.15, 0.2) is 40.2 Å². The van der Waals surface area contributed by atoms with Crippen LogP contribution in [0.25, 0.3) is 0 Å². The number of aliphatic imine (C=N–C) groups is 1. The monoisotopic (exact) mass is 334 g/mol. The van der Waals surface area contributed by atoms with Crippen molar-refractivity contribution in [2.24, 2.45) is 4.99 Å². The number of hydrogen-bond acceptors (Lipinski definition) is 3. The SMILES string of the molecule is CCNC(=NCC1(Sc2ccccc2)CC1)NCCCN(C)C. The van der Waals surface area contributed by atoms with Crippen LogP contribution in [0, 0.1) is 0 Å². The van der Waals surface area contributed by atoms with Crippen molar-refractivity contribution in [1.29, 1.82) is 0 Å². The first kappa shape index (κ1) is 18.1. The van der Waals surface area contributed by atoms with Crippen molar-refractivity contribution in [3.8, 4) is 0 Å². The summed E-state index contributed by atoms with van der Waals surface area (Å²) in [6.45, 7) is 5.96. The van der Waals surface area contributed by atoms with Gasteiger partial charge in [-0.15, -0.1) is 11.8 Å². The van der Waals surface area contributed by atoms with Crippen LogP contribution in [0.1, 0.15) is 26.2 Å². The van der Waals surface area contributed by atoms with E-state index in [0.29, 0.717) is 4.75 Å². The Morgan fingerprint density at radius 1 is 1.22 bits per heavy atom. The number of hydrogen-bond donors (Lipinski definition) is 2. The normalized spacial score (nSPS) is 16.4. The molecule has 0 spiro atoms. The van der Waals surface area contributed by atoms with Crippen LogP contribution in [0.3, 0.4) is 0 Å². The summed E-state index contributed by atoms with van der Waals surface area (Å²) in [6, 6.07) is 10.7. The lowest BCUT2D eigenvalue weighted by molar-refractivity contribution is 0.399. The van der Waals surface area contributed by atoms with Gasteiger partial charge in [0.05, 0.1) is 6.54 Å². The van der Waals surface area contributed by atoms with Gasteiger partial charge < -0.3 is 15.5 Å². The fraction of sp³-hybridized carbons (Fsp3) is 0.611. The van der Waals surface area contributed by atoms with Gasteiger partial charge in [0.25, 0.3) is 0 Å². The molecule has 2 N–H and O–H groups in total. The molecule has 128 valence electrons. The molecule has 0 saturated heterocycles. The topological polar surface area (TPSA) is 39.7 Å². The highest BCUT2D eigenvalue weighted by Crippen LogP contribution is 2.51. The van der Waals surface area contributed by atoms with Crippen molar-refractivity contribution in [2.75, 3.05) is 40.3 Å². The van der Waals surface area contributed by atoms with Crippen LogP contribution in [0.4, 0.5) is 0 Å². The van der Waals surface area contributed by atoms with E-state index in [9.17, 15) is 0 Å². The van der Waals surface area contributed by atoms with E-state index < -0.39 is 0 Å². The molecule has 1 aliphatic carbocycles. The molecule has 0 radical (unpaired) electrons. The first-order valence-corrected chi connectivity index (χ1v) is 9.36. The second-order valence-corrected chi connectivity index (χ2v) is 7.92. The lowest BCUT2D eigenvalue weighted by Gasteiger charge is -2.16. The highest BCUT2D eigenvalue weighted by Gasteiger charge is 2.43. The van der Waals surface area contributed by atoms with Gasteiger partial charge in [-0.25, -0.2) is 0 Å². The molecular formula is C18H30N4S. The van der Waals surface area contributed by atoms with Crippen LogP contribution in [-0.2, 0) is 0 Å². The Morgan fingerprint density at radius 2 is 1.96 bits per heavy atom. The molecule has 23 heavy (non-hydrogen) atoms. The Hall–Kier alpha value is -1.20. The first-order chi connectivity index (χ1) is 11.1. The molecule has 0 bridgehead atoms. The van der Waals surface area contributed by atoms with Crippen LogP contribution in [0.2, 0.25) is 0 Å². The Kier molecular flexibility index (Phi) is 7.24. The largest absolute Gasteiger partial charge is 0.357 e. The lowest BCUT2D eigenvalue weighted by Crippen LogP contribution is -2.39. The quantitative estimate of drug-likeness (QED) is 0.414. The van der Waals surface area contributed by atoms with Crippen molar-refractivity contribution in [3.05, 3.63) is 30.3 Å². The van der Waals surface area contributed by atoms with Crippen molar-refractivity contribution in [2.45, 2.75) is 35.8 Å². The van der Waals surface area contributed by atoms with Crippen LogP contribution in [0.5, 0.6) is 0 Å². The molecule has 0 amide bonds. The van der Waals surface area contributed by atoms with Gasteiger partial charge in [0, 0.05) is 22.7 Å². The molecular weight excluding hydrogens is 304 g/mol. The molecule has 0 heterocycles. The molecule has 1 aromatic carbocycles. The zero-order chi connectivity index (χ0) is 16.5. The van der Waals surface area contributed by atoms with E-state index in [2.05, 4.69) is 66.9 Å². The maximum Gasteiger partial charge on any atom is 0.191 e. The molecule has 1 aliphatic rings. The smallest absolute Gasteiger partial charge is 0.191 e. The molecule has 0 aromatic heterocycles. The summed E-state index contributed by atoms with van der Waals surface area (Å²) in [6.07, 6.45) is 3.65. The highest BCUT2D eigenvalue weighted by atomic mass is 32.2. The van der Waals surface area contributed by atoms with E-state index in [0.717, 1.165) is 38.6 Å². The van der Waals surface area contributed by atoms with Gasteiger partial charge >= 0.3 is 0 Å². The third-order valence-corrected chi connectivity index (χ3v) is 5.31. The zero-order valence-electron chi connectivity index (χ0n) is 14.6. The van der Waals surface area contributed by atoms with Crippen LogP contribution >= 0.6 is 11.8 Å². The van der Waals surface area contributed by atoms with Crippen molar-refractivity contribution < 1.29 is 0 Å². The van der Waals surface area contributed by atoms with Crippen molar-refractivity contribution in [3.63, 3.8) is 0 Å². The average Bonchev–Trinajstić information content (AvgIpc) is 3.29. The summed E-state index contributed by atoms with van der Waals surface area (Å²) in [5.74, 6) is 0.950. The number of benzene rings is 1. The molecule has 1 aromatic rings. The minimum atomic E-state index is 0.313. The van der Waals surface area contributed by atoms with E-state index in [-0.39, 0.29) is 0 Å². The third kappa shape index (κ3) is 6.83. The minimum absolute atomic E-state index is 0.313. The summed E-state index contributed by atoms with van der Waals surface area (Å²) in [5, 5.41) is 6.79. The number of nitrogens with zero attached hydrogens (tertiary/aromatic N) is 2. The Labute approximate surface area is 145 Å². The van der Waals surface area contributed by atoms with Gasteiger partial charge in [0.2, 0.25) is 0 Å². The molecule has 2 rings (SSSR count). The van der Waals surface area contributed by atoms with E-state index in [1.807, 2.05) is 11.8 Å². The van der Waals surface area contributed by atoms with Gasteiger partial charge in [-0.3, -0.25) is 4.99 Å². The zero-order valence-corrected chi connectivity index (χ0v) is 15.5. The lowest BCUT2D eigenvalue weighted by atomic mass is 10.4. The second kappa shape index (κ2) is 9.18. The minimum Gasteiger partial charge on any atom is -0.357 e. The van der Waals surface area contributed by atoms with Crippen molar-refractivity contribution in [1.82, 2.24) is 15.5 Å². The Morgan fingerprint density at radius 3 is 2.57 bits per heavy atom. The predicted molar refractivity (Wildman–Crippen MR) is 101 cm³/mol. The molecule has 0 atom stereocenters. The standard InChI is InChI=1S/C18H30N4S/c1-4-19-17(20-13-8-14-22(2)3)21-15-18(11-12-18)23-16-9-6-5-7-10-16/h5-7,9-10H,4,8,11-15H2,1-3H3,(H2,19,20,21). The van der Waals surface area contributed by atoms with E-state index in [1.165, 1.54) is 17.7 Å². The van der Waals surface area contributed by atoms with Gasteiger partial charge in [-0.1, -0.05) is 18.2 Å². The van der Waals surface area contributed by atoms with E-state index in [1.54, 1.807) is 0 Å². The first-order valence-electron chi connectivity index (χ1n) is 8.54. The van der Waals surface area contributed by atoms with Gasteiger partial charge in [-0.05, 0) is 59.0 Å². The van der Waals surface area contributed by atoms with Crippen LogP contribution in [-0.4, -0.2) is 55.9 Å². The predicted octanol–water partition coefficient (Wildman–Crippen LogP) is 2.82. The third-order valence-electron chi connectivity index (χ3n) is 3.83. The Bertz CT molecular complexity index is 483. The number of thioether (sulfide) groups is 1. The van der Waals surface area contributed by atoms with Gasteiger partial charge in [-0.2, -0.15) is 0 Å². The molecule has 0 aliphatic heterocycles. The number of guanidine groups is 1. The van der Waals surface area contributed by atoms with E-state index >= 15 is 0 Å². The maximum absolute atomic E-state index is 4.82. The van der Waals surface area contributed by atoms with Crippen LogP contribution < -0.4 is 10.6 Å². The fourth-order valence-corrected chi connectivity index (χ4v) is 3.57. The molecule has 1 saturated carbocycles. The maximum atomic E-state index is 4.82. The summed E-state index contributed by atoms with van der Waals surface area (Å²) in [7, 11) is 4.22.